The monoisotopic (exact) mass is 375 g/mol. The predicted molar refractivity (Wildman–Crippen MR) is 81.2 cm³/mol. The molecule has 1 N–H and O–H groups in total. The Hall–Kier alpha value is -2.09. The summed E-state index contributed by atoms with van der Waals surface area (Å²) in [5.41, 5.74) is -3.90. The molecule has 1 unspecified atom stereocenters. The molecule has 0 saturated heterocycles. The van der Waals surface area contributed by atoms with Gasteiger partial charge in [-0.15, -0.1) is 0 Å². The van der Waals surface area contributed by atoms with Crippen molar-refractivity contribution in [3.63, 3.8) is 0 Å². The molecule has 2 aromatic rings. The highest BCUT2D eigenvalue weighted by molar-refractivity contribution is 5.41. The lowest BCUT2D eigenvalue weighted by molar-refractivity contribution is -0.143. The molecule has 2 nitrogen and oxygen atoms in total. The Morgan fingerprint density at radius 2 is 1.50 bits per heavy atom. The molecule has 3 rings (SSSR count). The molecule has 1 atom stereocenters. The van der Waals surface area contributed by atoms with Gasteiger partial charge in [0.15, 0.2) is 0 Å². The fourth-order valence-corrected chi connectivity index (χ4v) is 3.34. The van der Waals surface area contributed by atoms with Gasteiger partial charge in [-0.3, -0.25) is 4.98 Å². The summed E-state index contributed by atoms with van der Waals surface area (Å²) in [6.45, 7) is 0. The Morgan fingerprint density at radius 3 is 1.88 bits per heavy atom. The van der Waals surface area contributed by atoms with E-state index in [1.54, 1.807) is 12.1 Å². The van der Waals surface area contributed by atoms with Crippen LogP contribution in [0.25, 0.3) is 0 Å². The maximum atomic E-state index is 13.1. The average molecular weight is 375 g/mol. The summed E-state index contributed by atoms with van der Waals surface area (Å²) in [4.78, 5) is 4.00. The lowest BCUT2D eigenvalue weighted by Crippen LogP contribution is -2.41. The Morgan fingerprint density at radius 1 is 0.923 bits per heavy atom. The van der Waals surface area contributed by atoms with Crippen LogP contribution in [0.3, 0.4) is 0 Å². The van der Waals surface area contributed by atoms with E-state index in [-0.39, 0.29) is 30.2 Å². The number of rotatable bonds is 3. The first-order chi connectivity index (χ1) is 12.0. The second-order valence-corrected chi connectivity index (χ2v) is 6.46. The summed E-state index contributed by atoms with van der Waals surface area (Å²) in [5, 5.41) is 10.7. The molecule has 1 heterocycles. The van der Waals surface area contributed by atoms with Crippen molar-refractivity contribution in [1.29, 1.82) is 0 Å². The van der Waals surface area contributed by atoms with Gasteiger partial charge >= 0.3 is 12.4 Å². The lowest BCUT2D eigenvalue weighted by Gasteiger charge is -2.46. The Bertz CT molecular complexity index is 748. The summed E-state index contributed by atoms with van der Waals surface area (Å²) in [7, 11) is 0. The topological polar surface area (TPSA) is 33.1 Å². The maximum Gasteiger partial charge on any atom is 0.416 e. The quantitative estimate of drug-likeness (QED) is 0.741. The molecule has 1 aliphatic rings. The SMILES string of the molecule is OC(c1ccccn1)C1(c2cc(C(F)(F)F)cc(C(F)(F)F)c2)CCC1. The van der Waals surface area contributed by atoms with Gasteiger partial charge in [-0.2, -0.15) is 26.3 Å². The van der Waals surface area contributed by atoms with Crippen LogP contribution in [0.2, 0.25) is 0 Å². The Labute approximate surface area is 145 Å². The standard InChI is InChI=1S/C18H15F6NO/c19-17(20,21)12-8-11(9-13(10-12)18(22,23)24)16(5-3-6-16)15(26)14-4-1-2-7-25-14/h1-2,4,7-10,15,26H,3,5-6H2. The van der Waals surface area contributed by atoms with E-state index in [0.29, 0.717) is 18.6 Å². The smallest absolute Gasteiger partial charge is 0.386 e. The molecule has 0 radical (unpaired) electrons. The van der Waals surface area contributed by atoms with Crippen molar-refractivity contribution in [1.82, 2.24) is 4.98 Å². The summed E-state index contributed by atoms with van der Waals surface area (Å²) in [6.07, 6.45) is -8.55. The molecule has 1 aromatic carbocycles. The van der Waals surface area contributed by atoms with Crippen molar-refractivity contribution in [3.8, 4) is 0 Å². The van der Waals surface area contributed by atoms with E-state index in [2.05, 4.69) is 4.98 Å². The third-order valence-electron chi connectivity index (χ3n) is 4.90. The fourth-order valence-electron chi connectivity index (χ4n) is 3.34. The van der Waals surface area contributed by atoms with Gasteiger partial charge in [-0.1, -0.05) is 12.5 Å². The van der Waals surface area contributed by atoms with E-state index in [0.717, 1.165) is 0 Å². The maximum absolute atomic E-state index is 13.1. The molecule has 1 aromatic heterocycles. The van der Waals surface area contributed by atoms with Crippen LogP contribution in [0.1, 0.15) is 47.8 Å². The lowest BCUT2D eigenvalue weighted by atomic mass is 9.60. The highest BCUT2D eigenvalue weighted by atomic mass is 19.4. The van der Waals surface area contributed by atoms with Crippen LogP contribution >= 0.6 is 0 Å². The minimum absolute atomic E-state index is 0.100. The number of pyridine rings is 1. The minimum atomic E-state index is -4.92. The fraction of sp³-hybridized carbons (Fsp3) is 0.389. The van der Waals surface area contributed by atoms with Crippen LogP contribution in [-0.2, 0) is 17.8 Å². The summed E-state index contributed by atoms with van der Waals surface area (Å²) < 4.78 is 78.8. The highest BCUT2D eigenvalue weighted by Crippen LogP contribution is 2.53. The molecule has 0 spiro atoms. The van der Waals surface area contributed by atoms with Crippen molar-refractivity contribution in [3.05, 3.63) is 65.0 Å². The van der Waals surface area contributed by atoms with Crippen molar-refractivity contribution in [2.45, 2.75) is 43.1 Å². The van der Waals surface area contributed by atoms with Crippen LogP contribution in [0.15, 0.2) is 42.6 Å². The number of aliphatic hydroxyl groups is 1. The number of alkyl halides is 6. The number of halogens is 6. The van der Waals surface area contributed by atoms with Crippen LogP contribution in [0, 0.1) is 0 Å². The molecule has 0 amide bonds. The number of hydrogen-bond donors (Lipinski definition) is 1. The van der Waals surface area contributed by atoms with E-state index >= 15 is 0 Å². The molecular weight excluding hydrogens is 360 g/mol. The van der Waals surface area contributed by atoms with Gasteiger partial charge in [0.2, 0.25) is 0 Å². The first-order valence-electron chi connectivity index (χ1n) is 7.93. The third-order valence-corrected chi connectivity index (χ3v) is 4.90. The van der Waals surface area contributed by atoms with Gasteiger partial charge in [0.05, 0.1) is 16.8 Å². The molecule has 1 aliphatic carbocycles. The highest BCUT2D eigenvalue weighted by Gasteiger charge is 2.48. The van der Waals surface area contributed by atoms with E-state index in [1.807, 2.05) is 0 Å². The van der Waals surface area contributed by atoms with Crippen molar-refractivity contribution >= 4 is 0 Å². The van der Waals surface area contributed by atoms with Crippen LogP contribution in [0.4, 0.5) is 26.3 Å². The zero-order chi connectivity index (χ0) is 19.2. The molecule has 140 valence electrons. The molecular formula is C18H15F6NO. The minimum Gasteiger partial charge on any atom is -0.386 e. The first kappa shape index (κ1) is 18.7. The molecule has 8 heteroatoms. The van der Waals surface area contributed by atoms with Gasteiger partial charge < -0.3 is 5.11 Å². The van der Waals surface area contributed by atoms with E-state index in [4.69, 9.17) is 0 Å². The second kappa shape index (κ2) is 6.26. The zero-order valence-electron chi connectivity index (χ0n) is 13.4. The van der Waals surface area contributed by atoms with Crippen LogP contribution in [-0.4, -0.2) is 10.1 Å². The number of benzene rings is 1. The molecule has 0 bridgehead atoms. The van der Waals surface area contributed by atoms with Gasteiger partial charge in [-0.25, -0.2) is 0 Å². The van der Waals surface area contributed by atoms with E-state index in [1.165, 1.54) is 12.3 Å². The summed E-state index contributed by atoms with van der Waals surface area (Å²) in [6, 6.07) is 6.23. The largest absolute Gasteiger partial charge is 0.416 e. The number of nitrogens with zero attached hydrogens (tertiary/aromatic N) is 1. The second-order valence-electron chi connectivity index (χ2n) is 6.46. The van der Waals surface area contributed by atoms with Gasteiger partial charge in [0, 0.05) is 11.6 Å². The van der Waals surface area contributed by atoms with Gasteiger partial charge in [-0.05, 0) is 48.7 Å². The van der Waals surface area contributed by atoms with Crippen LogP contribution < -0.4 is 0 Å². The van der Waals surface area contributed by atoms with Gasteiger partial charge in [0.25, 0.3) is 0 Å². The van der Waals surface area contributed by atoms with Gasteiger partial charge in [0.1, 0.15) is 6.10 Å². The Balaban J connectivity index is 2.14. The average Bonchev–Trinajstić information content (AvgIpc) is 2.52. The number of hydrogen-bond acceptors (Lipinski definition) is 2. The Kier molecular flexibility index (Phi) is 4.50. The van der Waals surface area contributed by atoms with Crippen molar-refractivity contribution < 1.29 is 31.4 Å². The molecule has 1 saturated carbocycles. The third kappa shape index (κ3) is 3.30. The molecule has 1 fully saturated rings. The predicted octanol–water partition coefficient (Wildman–Crippen LogP) is 5.27. The first-order valence-corrected chi connectivity index (χ1v) is 7.93. The summed E-state index contributed by atoms with van der Waals surface area (Å²) in [5.74, 6) is 0. The molecule has 0 aliphatic heterocycles. The van der Waals surface area contributed by atoms with E-state index in [9.17, 15) is 31.4 Å². The normalized spacial score (nSPS) is 18.3. The van der Waals surface area contributed by atoms with Crippen molar-refractivity contribution in [2.75, 3.05) is 0 Å². The number of aromatic nitrogens is 1. The van der Waals surface area contributed by atoms with Crippen molar-refractivity contribution in [2.24, 2.45) is 0 Å². The van der Waals surface area contributed by atoms with E-state index < -0.39 is 35.0 Å². The zero-order valence-corrected chi connectivity index (χ0v) is 13.4. The molecule has 26 heavy (non-hydrogen) atoms. The number of aliphatic hydroxyl groups excluding tert-OH is 1. The summed E-state index contributed by atoms with van der Waals surface area (Å²) >= 11 is 0. The van der Waals surface area contributed by atoms with Crippen LogP contribution in [0.5, 0.6) is 0 Å².